The van der Waals surface area contributed by atoms with Gasteiger partial charge in [-0.25, -0.2) is 0 Å². The summed E-state index contributed by atoms with van der Waals surface area (Å²) in [6.07, 6.45) is 3.59. The molecule has 1 rings (SSSR count). The molecule has 0 saturated heterocycles. The minimum Gasteiger partial charge on any atom is -0.126 e. The van der Waals surface area contributed by atoms with Gasteiger partial charge in [-0.1, -0.05) is 56.6 Å². The third-order valence-corrected chi connectivity index (χ3v) is 3.05. The van der Waals surface area contributed by atoms with Crippen molar-refractivity contribution in [1.29, 1.82) is 0 Å². The molecule has 0 aliphatic heterocycles. The van der Waals surface area contributed by atoms with E-state index >= 15 is 0 Å². The molecule has 0 aliphatic rings. The SMILES string of the molecule is [2H]C([2H])=C(SCCCCC)c1ccccc1. The van der Waals surface area contributed by atoms with Gasteiger partial charge in [0.05, 0.1) is 2.74 Å². The van der Waals surface area contributed by atoms with Crippen molar-refractivity contribution in [1.82, 2.24) is 0 Å². The molecular weight excluding hydrogens is 188 g/mol. The Hall–Kier alpha value is -0.690. The minimum atomic E-state index is -0.0762. The van der Waals surface area contributed by atoms with E-state index in [0.29, 0.717) is 0 Å². The third-order valence-electron chi connectivity index (χ3n) is 2.03. The van der Waals surface area contributed by atoms with Gasteiger partial charge in [-0.15, -0.1) is 11.8 Å². The summed E-state index contributed by atoms with van der Waals surface area (Å²) in [6, 6.07) is 9.78. The molecule has 0 atom stereocenters. The maximum absolute atomic E-state index is 7.48. The molecule has 0 aromatic heterocycles. The summed E-state index contributed by atoms with van der Waals surface area (Å²) in [6.45, 7) is 2.10. The second-order valence-corrected chi connectivity index (χ2v) is 4.36. The lowest BCUT2D eigenvalue weighted by atomic mass is 10.2. The molecule has 0 N–H and O–H groups in total. The number of thioether (sulfide) groups is 1. The van der Waals surface area contributed by atoms with Crippen LogP contribution in [0.1, 0.15) is 34.5 Å². The molecule has 0 amide bonds. The van der Waals surface area contributed by atoms with E-state index in [1.807, 2.05) is 30.3 Å². The molecular formula is C13H18S. The summed E-state index contributed by atoms with van der Waals surface area (Å²) < 4.78 is 15.0. The van der Waals surface area contributed by atoms with Gasteiger partial charge in [-0.3, -0.25) is 0 Å². The first kappa shape index (κ1) is 8.60. The average molecular weight is 208 g/mol. The van der Waals surface area contributed by atoms with E-state index < -0.39 is 0 Å². The fourth-order valence-corrected chi connectivity index (χ4v) is 2.05. The molecule has 0 radical (unpaired) electrons. The fraction of sp³-hybridized carbons (Fsp3) is 0.385. The van der Waals surface area contributed by atoms with Gasteiger partial charge in [0.1, 0.15) is 0 Å². The Labute approximate surface area is 94.2 Å². The van der Waals surface area contributed by atoms with Crippen molar-refractivity contribution in [2.75, 3.05) is 5.75 Å². The first-order valence-electron chi connectivity index (χ1n) is 6.11. The van der Waals surface area contributed by atoms with Crippen molar-refractivity contribution in [3.05, 3.63) is 42.4 Å². The van der Waals surface area contributed by atoms with Crippen LogP contribution >= 0.6 is 11.8 Å². The Morgan fingerprint density at radius 1 is 1.36 bits per heavy atom. The maximum atomic E-state index is 7.48. The van der Waals surface area contributed by atoms with Crippen LogP contribution in [-0.4, -0.2) is 5.75 Å². The maximum Gasteiger partial charge on any atom is 0.0550 e. The zero-order valence-electron chi connectivity index (χ0n) is 10.6. The summed E-state index contributed by atoms with van der Waals surface area (Å²) in [5, 5.41) is 0. The highest BCUT2D eigenvalue weighted by Crippen LogP contribution is 2.25. The first-order valence-corrected chi connectivity index (χ1v) is 6.10. The molecule has 0 bridgehead atoms. The van der Waals surface area contributed by atoms with Crippen LogP contribution in [0.3, 0.4) is 0 Å². The van der Waals surface area contributed by atoms with Gasteiger partial charge in [-0.2, -0.15) is 0 Å². The molecule has 14 heavy (non-hydrogen) atoms. The van der Waals surface area contributed by atoms with Gasteiger partial charge in [0.15, 0.2) is 0 Å². The van der Waals surface area contributed by atoms with Crippen molar-refractivity contribution in [3.63, 3.8) is 0 Å². The smallest absolute Gasteiger partial charge is 0.0550 e. The van der Waals surface area contributed by atoms with E-state index in [9.17, 15) is 0 Å². The lowest BCUT2D eigenvalue weighted by Crippen LogP contribution is -1.82. The summed E-state index contributed by atoms with van der Waals surface area (Å²) >= 11 is 1.63. The van der Waals surface area contributed by atoms with Crippen LogP contribution in [-0.2, 0) is 0 Å². The molecule has 0 saturated carbocycles. The number of hydrogen-bond donors (Lipinski definition) is 0. The predicted molar refractivity (Wildman–Crippen MR) is 67.5 cm³/mol. The molecule has 0 nitrogen and oxygen atoms in total. The molecule has 0 unspecified atom stereocenters. The van der Waals surface area contributed by atoms with Crippen molar-refractivity contribution in [3.8, 4) is 0 Å². The minimum absolute atomic E-state index is 0.0762. The van der Waals surface area contributed by atoms with Crippen molar-refractivity contribution < 1.29 is 2.74 Å². The number of hydrogen-bond acceptors (Lipinski definition) is 1. The van der Waals surface area contributed by atoms with Crippen LogP contribution in [0, 0.1) is 0 Å². The largest absolute Gasteiger partial charge is 0.126 e. The predicted octanol–water partition coefficient (Wildman–Crippen LogP) is 4.58. The number of unbranched alkanes of at least 4 members (excludes halogenated alkanes) is 2. The Kier molecular flexibility index (Phi) is 4.13. The molecule has 1 heteroatoms. The third kappa shape index (κ3) is 4.01. The Bertz CT molecular complexity index is 329. The molecule has 0 heterocycles. The van der Waals surface area contributed by atoms with Gasteiger partial charge in [-0.05, 0) is 17.7 Å². The standard InChI is InChI=1S/C13H18S/c1-3-4-8-11-14-12(2)13-9-6-5-7-10-13/h5-7,9-10H,2-4,8,11H2,1H3/i2D2. The summed E-state index contributed by atoms with van der Waals surface area (Å²) in [7, 11) is 0. The summed E-state index contributed by atoms with van der Waals surface area (Å²) in [4.78, 5) is 0.789. The molecule has 0 spiro atoms. The second-order valence-electron chi connectivity index (χ2n) is 3.25. The Morgan fingerprint density at radius 2 is 2.14 bits per heavy atom. The van der Waals surface area contributed by atoms with Crippen molar-refractivity contribution >= 4 is 16.7 Å². The van der Waals surface area contributed by atoms with Crippen LogP contribution in [0.5, 0.6) is 0 Å². The molecule has 0 aliphatic carbocycles. The monoisotopic (exact) mass is 208 g/mol. The van der Waals surface area contributed by atoms with Crippen molar-refractivity contribution in [2.45, 2.75) is 26.2 Å². The zero-order chi connectivity index (χ0) is 11.8. The topological polar surface area (TPSA) is 0 Å². The highest BCUT2D eigenvalue weighted by atomic mass is 32.2. The van der Waals surface area contributed by atoms with E-state index in [1.54, 1.807) is 11.8 Å². The van der Waals surface area contributed by atoms with E-state index in [2.05, 4.69) is 6.92 Å². The zero-order valence-corrected chi connectivity index (χ0v) is 9.44. The fourth-order valence-electron chi connectivity index (χ4n) is 1.20. The van der Waals surface area contributed by atoms with Gasteiger partial charge in [0, 0.05) is 4.91 Å². The number of rotatable bonds is 6. The average Bonchev–Trinajstić information content (AvgIpc) is 2.30. The molecule has 1 aromatic rings. The van der Waals surface area contributed by atoms with E-state index in [0.717, 1.165) is 22.6 Å². The van der Waals surface area contributed by atoms with Crippen LogP contribution in [0.25, 0.3) is 4.91 Å². The Morgan fingerprint density at radius 3 is 2.79 bits per heavy atom. The Balaban J connectivity index is 2.61. The second kappa shape index (κ2) is 6.72. The normalized spacial score (nSPS) is 11.8. The van der Waals surface area contributed by atoms with Gasteiger partial charge in [0.2, 0.25) is 0 Å². The van der Waals surface area contributed by atoms with E-state index in [-0.39, 0.29) is 6.53 Å². The van der Waals surface area contributed by atoms with Gasteiger partial charge < -0.3 is 0 Å². The summed E-state index contributed by atoms with van der Waals surface area (Å²) in [5.74, 6) is 0.999. The highest BCUT2D eigenvalue weighted by Gasteiger charge is 1.97. The van der Waals surface area contributed by atoms with Crippen LogP contribution in [0.4, 0.5) is 0 Å². The highest BCUT2D eigenvalue weighted by molar-refractivity contribution is 8.08. The first-order chi connectivity index (χ1) is 7.75. The van der Waals surface area contributed by atoms with Crippen LogP contribution < -0.4 is 0 Å². The lowest BCUT2D eigenvalue weighted by Gasteiger charge is -2.04. The van der Waals surface area contributed by atoms with E-state index in [1.165, 1.54) is 12.8 Å². The van der Waals surface area contributed by atoms with Crippen LogP contribution in [0.15, 0.2) is 36.9 Å². The van der Waals surface area contributed by atoms with Gasteiger partial charge >= 0.3 is 0 Å². The van der Waals surface area contributed by atoms with Crippen molar-refractivity contribution in [2.24, 2.45) is 0 Å². The summed E-state index contributed by atoms with van der Waals surface area (Å²) in [5.41, 5.74) is 0.990. The lowest BCUT2D eigenvalue weighted by molar-refractivity contribution is 0.779. The van der Waals surface area contributed by atoms with Crippen LogP contribution in [0.2, 0.25) is 0 Å². The van der Waals surface area contributed by atoms with Gasteiger partial charge in [0.25, 0.3) is 0 Å². The quantitative estimate of drug-likeness (QED) is 0.617. The molecule has 76 valence electrons. The number of benzene rings is 1. The van der Waals surface area contributed by atoms with E-state index in [4.69, 9.17) is 2.74 Å². The molecule has 1 aromatic carbocycles. The molecule has 0 fully saturated rings.